The number of anilines is 1. The van der Waals surface area contributed by atoms with Crippen molar-refractivity contribution >= 4 is 34.8 Å². The molecule has 0 aliphatic carbocycles. The Morgan fingerprint density at radius 2 is 2.00 bits per heavy atom. The predicted molar refractivity (Wildman–Crippen MR) is 108 cm³/mol. The van der Waals surface area contributed by atoms with Gasteiger partial charge in [-0.05, 0) is 43.3 Å². The van der Waals surface area contributed by atoms with Crippen molar-refractivity contribution in [3.05, 3.63) is 59.5 Å². The van der Waals surface area contributed by atoms with E-state index in [0.717, 1.165) is 17.1 Å². The van der Waals surface area contributed by atoms with Crippen molar-refractivity contribution in [2.24, 2.45) is 5.92 Å². The first-order valence-corrected chi connectivity index (χ1v) is 9.74. The fourth-order valence-corrected chi connectivity index (χ4v) is 3.52. The molecule has 1 aliphatic heterocycles. The first-order valence-electron chi connectivity index (χ1n) is 9.36. The molecule has 1 unspecified atom stereocenters. The molecule has 1 amide bonds. The molecule has 1 aromatic carbocycles. The van der Waals surface area contributed by atoms with Gasteiger partial charge in [0.2, 0.25) is 5.91 Å². The van der Waals surface area contributed by atoms with Gasteiger partial charge in [-0.25, -0.2) is 4.98 Å². The zero-order valence-corrected chi connectivity index (χ0v) is 16.6. The Morgan fingerprint density at radius 1 is 1.21 bits per heavy atom. The zero-order chi connectivity index (χ0) is 20.4. The number of rotatable bonds is 6. The average Bonchev–Trinajstić information content (AvgIpc) is 3.30. The molecule has 1 fully saturated rings. The summed E-state index contributed by atoms with van der Waals surface area (Å²) in [7, 11) is 0. The molecule has 0 spiro atoms. The number of carbonyl (C=O) groups excluding carboxylic acids is 2. The Balaban J connectivity index is 1.37. The summed E-state index contributed by atoms with van der Waals surface area (Å²) in [6.45, 7) is 2.84. The highest BCUT2D eigenvalue weighted by atomic mass is 35.5. The molecule has 1 aliphatic rings. The Bertz CT molecular complexity index is 1050. The molecule has 8 heteroatoms. The zero-order valence-electron chi connectivity index (χ0n) is 15.9. The van der Waals surface area contributed by atoms with Crippen LogP contribution in [0.3, 0.4) is 0 Å². The van der Waals surface area contributed by atoms with Crippen LogP contribution >= 0.6 is 11.6 Å². The molecule has 0 radical (unpaired) electrons. The third kappa shape index (κ3) is 4.19. The average molecular weight is 414 g/mol. The van der Waals surface area contributed by atoms with Gasteiger partial charge in [0, 0.05) is 31.0 Å². The Labute approximate surface area is 172 Å². The lowest BCUT2D eigenvalue weighted by Gasteiger charge is -2.17. The van der Waals surface area contributed by atoms with E-state index < -0.39 is 11.9 Å². The molecular weight excluding hydrogens is 394 g/mol. The molecule has 2 aromatic heterocycles. The largest absolute Gasteiger partial charge is 0.494 e. The maximum Gasteiger partial charge on any atom is 0.311 e. The number of hydrogen-bond donors (Lipinski definition) is 0. The summed E-state index contributed by atoms with van der Waals surface area (Å²) in [5.41, 5.74) is 2.08. The minimum absolute atomic E-state index is 0.0475. The van der Waals surface area contributed by atoms with Crippen molar-refractivity contribution in [3.63, 3.8) is 0 Å². The van der Waals surface area contributed by atoms with Crippen molar-refractivity contribution < 1.29 is 19.1 Å². The second-order valence-corrected chi connectivity index (χ2v) is 7.22. The summed E-state index contributed by atoms with van der Waals surface area (Å²) in [5.74, 6) is -0.256. The number of fused-ring (bicyclic) bond motifs is 1. The van der Waals surface area contributed by atoms with Gasteiger partial charge in [0.05, 0.1) is 23.2 Å². The van der Waals surface area contributed by atoms with Gasteiger partial charge in [0.1, 0.15) is 18.0 Å². The van der Waals surface area contributed by atoms with Crippen LogP contribution in [0.2, 0.25) is 5.02 Å². The van der Waals surface area contributed by atoms with Crippen molar-refractivity contribution in [1.29, 1.82) is 0 Å². The number of halogens is 1. The number of imidazole rings is 1. The minimum atomic E-state index is -0.499. The van der Waals surface area contributed by atoms with Gasteiger partial charge < -0.3 is 18.8 Å². The Kier molecular flexibility index (Phi) is 5.40. The van der Waals surface area contributed by atoms with E-state index in [1.807, 2.05) is 31.2 Å². The summed E-state index contributed by atoms with van der Waals surface area (Å²) in [6, 6.07) is 10.8. The van der Waals surface area contributed by atoms with Crippen molar-refractivity contribution in [1.82, 2.24) is 9.38 Å². The topological polar surface area (TPSA) is 73.1 Å². The third-order valence-electron chi connectivity index (χ3n) is 4.74. The number of amides is 1. The molecule has 7 nitrogen and oxygen atoms in total. The van der Waals surface area contributed by atoms with E-state index in [9.17, 15) is 9.59 Å². The predicted octanol–water partition coefficient (Wildman–Crippen LogP) is 3.48. The molecule has 3 heterocycles. The van der Waals surface area contributed by atoms with Crippen LogP contribution < -0.4 is 9.64 Å². The number of benzene rings is 1. The molecule has 0 N–H and O–H groups in total. The second-order valence-electron chi connectivity index (χ2n) is 6.79. The van der Waals surface area contributed by atoms with Crippen LogP contribution in [-0.4, -0.2) is 34.4 Å². The molecular formula is C21H20ClN3O4. The maximum absolute atomic E-state index is 12.5. The lowest BCUT2D eigenvalue weighted by Crippen LogP contribution is -2.26. The molecule has 0 saturated carbocycles. The van der Waals surface area contributed by atoms with E-state index in [1.54, 1.807) is 33.8 Å². The van der Waals surface area contributed by atoms with E-state index in [0.29, 0.717) is 23.9 Å². The van der Waals surface area contributed by atoms with Gasteiger partial charge >= 0.3 is 5.97 Å². The summed E-state index contributed by atoms with van der Waals surface area (Å²) in [4.78, 5) is 30.9. The van der Waals surface area contributed by atoms with Gasteiger partial charge in [-0.2, -0.15) is 0 Å². The van der Waals surface area contributed by atoms with E-state index in [2.05, 4.69) is 4.98 Å². The monoisotopic (exact) mass is 413 g/mol. The third-order valence-corrected chi connectivity index (χ3v) is 4.97. The molecule has 150 valence electrons. The van der Waals surface area contributed by atoms with Gasteiger partial charge in [-0.1, -0.05) is 11.6 Å². The van der Waals surface area contributed by atoms with E-state index in [4.69, 9.17) is 21.1 Å². The molecule has 0 bridgehead atoms. The number of carbonyl (C=O) groups is 2. The van der Waals surface area contributed by atoms with Gasteiger partial charge in [-0.15, -0.1) is 0 Å². The molecule has 4 rings (SSSR count). The standard InChI is InChI=1S/C21H20ClN3O4/c1-2-28-18-6-4-17(5-7-18)25-10-14(9-20(25)26)21(27)29-13-16-12-24-11-15(22)3-8-19(24)23-16/h3-8,11-12,14H,2,9-10,13H2,1H3. The van der Waals surface area contributed by atoms with Gasteiger partial charge in [0.25, 0.3) is 0 Å². The highest BCUT2D eigenvalue weighted by molar-refractivity contribution is 6.30. The van der Waals surface area contributed by atoms with Crippen LogP contribution in [0.5, 0.6) is 5.75 Å². The maximum atomic E-state index is 12.5. The SMILES string of the molecule is CCOc1ccc(N2CC(C(=O)OCc3cn4cc(Cl)ccc4n3)CC2=O)cc1. The van der Waals surface area contributed by atoms with E-state index >= 15 is 0 Å². The van der Waals surface area contributed by atoms with Crippen LogP contribution in [0.25, 0.3) is 5.65 Å². The quantitative estimate of drug-likeness (QED) is 0.578. The fourth-order valence-electron chi connectivity index (χ4n) is 3.35. The number of esters is 1. The van der Waals surface area contributed by atoms with Gasteiger partial charge in [-0.3, -0.25) is 9.59 Å². The number of nitrogens with zero attached hydrogens (tertiary/aromatic N) is 3. The van der Waals surface area contributed by atoms with Crippen LogP contribution in [-0.2, 0) is 20.9 Å². The lowest BCUT2D eigenvalue weighted by molar-refractivity contribution is -0.149. The smallest absolute Gasteiger partial charge is 0.311 e. The fraction of sp³-hybridized carbons (Fsp3) is 0.286. The summed E-state index contributed by atoms with van der Waals surface area (Å²) in [6.07, 6.45) is 3.63. The van der Waals surface area contributed by atoms with Crippen molar-refractivity contribution in [2.45, 2.75) is 20.0 Å². The van der Waals surface area contributed by atoms with Crippen LogP contribution in [0, 0.1) is 5.92 Å². The summed E-state index contributed by atoms with van der Waals surface area (Å²) in [5, 5.41) is 0.595. The molecule has 29 heavy (non-hydrogen) atoms. The number of pyridine rings is 1. The van der Waals surface area contributed by atoms with Crippen LogP contribution in [0.4, 0.5) is 5.69 Å². The van der Waals surface area contributed by atoms with E-state index in [1.165, 1.54) is 0 Å². The molecule has 1 saturated heterocycles. The molecule has 3 aromatic rings. The highest BCUT2D eigenvalue weighted by Crippen LogP contribution is 2.27. The normalized spacial score (nSPS) is 16.4. The van der Waals surface area contributed by atoms with E-state index in [-0.39, 0.29) is 18.9 Å². The Morgan fingerprint density at radius 3 is 2.76 bits per heavy atom. The summed E-state index contributed by atoms with van der Waals surface area (Å²) < 4.78 is 12.6. The lowest BCUT2D eigenvalue weighted by atomic mass is 10.1. The van der Waals surface area contributed by atoms with Gasteiger partial charge in [0.15, 0.2) is 0 Å². The Hall–Kier alpha value is -3.06. The number of aromatic nitrogens is 2. The van der Waals surface area contributed by atoms with Crippen molar-refractivity contribution in [2.75, 3.05) is 18.1 Å². The first-order chi connectivity index (χ1) is 14.0. The minimum Gasteiger partial charge on any atom is -0.494 e. The number of hydrogen-bond acceptors (Lipinski definition) is 5. The molecule has 1 atom stereocenters. The van der Waals surface area contributed by atoms with Crippen LogP contribution in [0.15, 0.2) is 48.8 Å². The second kappa shape index (κ2) is 8.13. The first kappa shape index (κ1) is 19.3. The highest BCUT2D eigenvalue weighted by Gasteiger charge is 2.36. The van der Waals surface area contributed by atoms with Crippen LogP contribution in [0.1, 0.15) is 19.0 Å². The van der Waals surface area contributed by atoms with Crippen molar-refractivity contribution in [3.8, 4) is 5.75 Å². The summed E-state index contributed by atoms with van der Waals surface area (Å²) >= 11 is 5.97. The number of ether oxygens (including phenoxy) is 2.